The molecule has 10 heteroatoms. The lowest BCUT2D eigenvalue weighted by Crippen LogP contribution is -2.15. The number of hydrogen-bond acceptors (Lipinski definition) is 6. The fourth-order valence-corrected chi connectivity index (χ4v) is 3.30. The third-order valence-electron chi connectivity index (χ3n) is 5.05. The third kappa shape index (κ3) is 5.81. The van der Waals surface area contributed by atoms with Crippen LogP contribution in [0.25, 0.3) is 16.7 Å². The highest BCUT2D eigenvalue weighted by molar-refractivity contribution is 5.75. The Hall–Kier alpha value is -3.14. The highest BCUT2D eigenvalue weighted by Gasteiger charge is 2.31. The van der Waals surface area contributed by atoms with E-state index in [1.54, 1.807) is 12.1 Å². The van der Waals surface area contributed by atoms with E-state index in [0.29, 0.717) is 18.6 Å². The molecule has 1 N–H and O–H groups in total. The van der Waals surface area contributed by atoms with E-state index in [4.69, 9.17) is 9.47 Å². The van der Waals surface area contributed by atoms with Crippen LogP contribution in [0.3, 0.4) is 0 Å². The Kier molecular flexibility index (Phi) is 6.97. The Morgan fingerprint density at radius 2 is 1.76 bits per heavy atom. The van der Waals surface area contributed by atoms with Gasteiger partial charge in [0.05, 0.1) is 12.2 Å². The zero-order valence-electron chi connectivity index (χ0n) is 18.9. The van der Waals surface area contributed by atoms with Crippen LogP contribution in [-0.2, 0) is 32.3 Å². The van der Waals surface area contributed by atoms with Crippen molar-refractivity contribution in [3.05, 3.63) is 47.0 Å². The summed E-state index contributed by atoms with van der Waals surface area (Å²) < 4.78 is 49.1. The maximum atomic E-state index is 13.1. The number of alkyl halides is 3. The van der Waals surface area contributed by atoms with Gasteiger partial charge < -0.3 is 14.6 Å². The first-order valence-corrected chi connectivity index (χ1v) is 10.4. The van der Waals surface area contributed by atoms with E-state index in [2.05, 4.69) is 10.2 Å². The number of rotatable bonds is 7. The van der Waals surface area contributed by atoms with Crippen LogP contribution in [0.4, 0.5) is 13.2 Å². The number of carbonyl (C=O) groups excluding carboxylic acids is 1. The number of aryl methyl sites for hydroxylation is 1. The summed E-state index contributed by atoms with van der Waals surface area (Å²) in [6, 6.07) is 6.51. The predicted molar refractivity (Wildman–Crippen MR) is 115 cm³/mol. The summed E-state index contributed by atoms with van der Waals surface area (Å²) in [5.41, 5.74) is 0.566. The SMILES string of the molecule is COCCOC(=O)CCc1cc(-n2nc3ccc(C(F)(F)F)cc3n2)c(O)c(C(C)(C)C)c1. The van der Waals surface area contributed by atoms with Crippen molar-refractivity contribution in [1.82, 2.24) is 15.0 Å². The number of nitrogens with zero attached hydrogens (tertiary/aromatic N) is 3. The standard InChI is InChI=1S/C23H26F3N3O4/c1-22(2,3)16-11-14(5-8-20(30)33-10-9-32-4)12-19(21(16)31)29-27-17-7-6-15(23(24,25)26)13-18(17)28-29/h6-7,11-13,31H,5,8-10H2,1-4H3. The number of fused-ring (bicyclic) bond motifs is 1. The van der Waals surface area contributed by atoms with Gasteiger partial charge >= 0.3 is 12.1 Å². The molecule has 0 bridgehead atoms. The van der Waals surface area contributed by atoms with Crippen LogP contribution in [0, 0.1) is 0 Å². The van der Waals surface area contributed by atoms with Gasteiger partial charge in [0.25, 0.3) is 0 Å². The van der Waals surface area contributed by atoms with Gasteiger partial charge in [-0.2, -0.15) is 13.2 Å². The lowest BCUT2D eigenvalue weighted by atomic mass is 9.84. The Bertz CT molecular complexity index is 1150. The molecule has 7 nitrogen and oxygen atoms in total. The third-order valence-corrected chi connectivity index (χ3v) is 5.05. The van der Waals surface area contributed by atoms with Gasteiger partial charge in [0.2, 0.25) is 0 Å². The van der Waals surface area contributed by atoms with E-state index in [-0.39, 0.29) is 41.5 Å². The lowest BCUT2D eigenvalue weighted by Gasteiger charge is -2.23. The second-order valence-corrected chi connectivity index (χ2v) is 8.67. The summed E-state index contributed by atoms with van der Waals surface area (Å²) in [6.07, 6.45) is -4.06. The smallest absolute Gasteiger partial charge is 0.416 e. The minimum absolute atomic E-state index is 0.0497. The molecule has 0 saturated heterocycles. The predicted octanol–water partition coefficient (Wildman–Crippen LogP) is 4.56. The molecule has 0 radical (unpaired) electrons. The van der Waals surface area contributed by atoms with E-state index in [0.717, 1.165) is 22.5 Å². The number of esters is 1. The molecule has 0 aliphatic heterocycles. The fraction of sp³-hybridized carbons (Fsp3) is 0.435. The summed E-state index contributed by atoms with van der Waals surface area (Å²) in [5.74, 6) is -0.466. The summed E-state index contributed by atoms with van der Waals surface area (Å²) in [6.45, 7) is 6.21. The summed E-state index contributed by atoms with van der Waals surface area (Å²) in [5, 5.41) is 19.4. The van der Waals surface area contributed by atoms with Gasteiger partial charge in [0.15, 0.2) is 0 Å². The van der Waals surface area contributed by atoms with E-state index in [9.17, 15) is 23.1 Å². The number of halogens is 3. The van der Waals surface area contributed by atoms with Crippen molar-refractivity contribution in [1.29, 1.82) is 0 Å². The molecule has 3 rings (SSSR count). The molecule has 0 fully saturated rings. The van der Waals surface area contributed by atoms with E-state index < -0.39 is 17.2 Å². The van der Waals surface area contributed by atoms with Crippen molar-refractivity contribution < 1.29 is 32.5 Å². The Balaban J connectivity index is 1.98. The van der Waals surface area contributed by atoms with Gasteiger partial charge in [0, 0.05) is 19.1 Å². The average Bonchev–Trinajstić information content (AvgIpc) is 3.14. The van der Waals surface area contributed by atoms with Crippen LogP contribution in [0.5, 0.6) is 5.75 Å². The molecule has 0 atom stereocenters. The molecule has 3 aromatic rings. The highest BCUT2D eigenvalue weighted by atomic mass is 19.4. The Morgan fingerprint density at radius 3 is 2.39 bits per heavy atom. The van der Waals surface area contributed by atoms with Gasteiger partial charge in [-0.15, -0.1) is 15.0 Å². The van der Waals surface area contributed by atoms with Gasteiger partial charge in [-0.3, -0.25) is 4.79 Å². The van der Waals surface area contributed by atoms with Gasteiger partial charge in [-0.05, 0) is 41.7 Å². The first-order valence-electron chi connectivity index (χ1n) is 10.4. The molecule has 0 spiro atoms. The van der Waals surface area contributed by atoms with Crippen LogP contribution in [0.1, 0.15) is 43.9 Å². The number of hydrogen-bond donors (Lipinski definition) is 1. The minimum atomic E-state index is -4.50. The number of benzene rings is 2. The van der Waals surface area contributed by atoms with Crippen molar-refractivity contribution in [3.8, 4) is 11.4 Å². The van der Waals surface area contributed by atoms with Crippen LogP contribution >= 0.6 is 0 Å². The highest BCUT2D eigenvalue weighted by Crippen LogP contribution is 2.37. The zero-order chi connectivity index (χ0) is 24.4. The number of aromatic hydroxyl groups is 1. The summed E-state index contributed by atoms with van der Waals surface area (Å²) in [4.78, 5) is 13.1. The van der Waals surface area contributed by atoms with Crippen LogP contribution < -0.4 is 0 Å². The quantitative estimate of drug-likeness (QED) is 0.407. The molecule has 0 aliphatic rings. The van der Waals surface area contributed by atoms with Gasteiger partial charge in [0.1, 0.15) is 29.1 Å². The van der Waals surface area contributed by atoms with Crippen molar-refractivity contribution in [2.45, 2.75) is 45.2 Å². The van der Waals surface area contributed by atoms with Crippen molar-refractivity contribution >= 4 is 17.0 Å². The summed E-state index contributed by atoms with van der Waals surface area (Å²) >= 11 is 0. The molecular formula is C23H26F3N3O4. The number of phenols is 1. The lowest BCUT2D eigenvalue weighted by molar-refractivity contribution is -0.144. The Labute approximate surface area is 189 Å². The van der Waals surface area contributed by atoms with Crippen molar-refractivity contribution in [3.63, 3.8) is 0 Å². The first kappa shape index (κ1) is 24.5. The molecule has 0 amide bonds. The maximum Gasteiger partial charge on any atom is 0.416 e. The number of aromatic nitrogens is 3. The molecule has 178 valence electrons. The molecule has 0 unspecified atom stereocenters. The summed E-state index contributed by atoms with van der Waals surface area (Å²) in [7, 11) is 1.51. The molecule has 1 aromatic heterocycles. The molecule has 0 aliphatic carbocycles. The fourth-order valence-electron chi connectivity index (χ4n) is 3.30. The first-order chi connectivity index (χ1) is 15.4. The second kappa shape index (κ2) is 9.38. The molecule has 2 aromatic carbocycles. The van der Waals surface area contributed by atoms with Crippen LogP contribution in [0.15, 0.2) is 30.3 Å². The number of methoxy groups -OCH3 is 1. The minimum Gasteiger partial charge on any atom is -0.505 e. The van der Waals surface area contributed by atoms with Gasteiger partial charge in [-0.25, -0.2) is 0 Å². The zero-order valence-corrected chi connectivity index (χ0v) is 18.9. The normalized spacial score (nSPS) is 12.3. The van der Waals surface area contributed by atoms with Crippen molar-refractivity contribution in [2.75, 3.05) is 20.3 Å². The maximum absolute atomic E-state index is 13.1. The van der Waals surface area contributed by atoms with Crippen LogP contribution in [-0.4, -0.2) is 46.4 Å². The number of ether oxygens (including phenoxy) is 2. The van der Waals surface area contributed by atoms with Crippen LogP contribution in [0.2, 0.25) is 0 Å². The largest absolute Gasteiger partial charge is 0.505 e. The van der Waals surface area contributed by atoms with Gasteiger partial charge in [-0.1, -0.05) is 26.8 Å². The average molecular weight is 465 g/mol. The molecule has 1 heterocycles. The van der Waals surface area contributed by atoms with Crippen molar-refractivity contribution in [2.24, 2.45) is 0 Å². The van der Waals surface area contributed by atoms with E-state index in [1.165, 1.54) is 13.2 Å². The Morgan fingerprint density at radius 1 is 1.06 bits per heavy atom. The monoisotopic (exact) mass is 465 g/mol. The topological polar surface area (TPSA) is 86.5 Å². The number of phenolic OH excluding ortho intramolecular Hbond substituents is 1. The molecular weight excluding hydrogens is 439 g/mol. The molecule has 0 saturated carbocycles. The second-order valence-electron chi connectivity index (χ2n) is 8.67. The van der Waals surface area contributed by atoms with E-state index in [1.807, 2.05) is 20.8 Å². The van der Waals surface area contributed by atoms with E-state index >= 15 is 0 Å². The number of carbonyl (C=O) groups is 1. The molecule has 33 heavy (non-hydrogen) atoms.